The van der Waals surface area contributed by atoms with E-state index in [1.165, 1.54) is 4.90 Å². The van der Waals surface area contributed by atoms with Gasteiger partial charge in [0.15, 0.2) is 0 Å². The van der Waals surface area contributed by atoms with Crippen molar-refractivity contribution in [3.63, 3.8) is 0 Å². The minimum absolute atomic E-state index is 0.0396. The Hall–Kier alpha value is -3.35. The number of hydrogen-bond donors (Lipinski definition) is 1. The summed E-state index contributed by atoms with van der Waals surface area (Å²) in [6, 6.07) is 14.6. The maximum Gasteiger partial charge on any atom is 0.244 e. The number of benzene rings is 2. The summed E-state index contributed by atoms with van der Waals surface area (Å²) < 4.78 is 5.16. The lowest BCUT2D eigenvalue weighted by molar-refractivity contribution is -0.133. The SMILES string of the molecule is COc1ccc(C(C)N(C)C(=O)CCC(=O)N2CC(=O)Nc3ccccc32)cc1. The lowest BCUT2D eigenvalue weighted by Crippen LogP contribution is -2.42. The Kier molecular flexibility index (Phi) is 6.16. The van der Waals surface area contributed by atoms with E-state index in [1.807, 2.05) is 37.3 Å². The number of rotatable bonds is 6. The molecule has 0 saturated heterocycles. The van der Waals surface area contributed by atoms with Gasteiger partial charge in [0.05, 0.1) is 24.5 Å². The quantitative estimate of drug-likeness (QED) is 0.816. The van der Waals surface area contributed by atoms with Crippen molar-refractivity contribution in [2.75, 3.05) is 30.9 Å². The number of carbonyl (C=O) groups is 3. The van der Waals surface area contributed by atoms with Gasteiger partial charge in [-0.2, -0.15) is 0 Å². The van der Waals surface area contributed by atoms with Crippen LogP contribution in [0.5, 0.6) is 5.75 Å². The summed E-state index contributed by atoms with van der Waals surface area (Å²) in [4.78, 5) is 40.3. The zero-order valence-electron chi connectivity index (χ0n) is 16.8. The van der Waals surface area contributed by atoms with Crippen LogP contribution in [0.4, 0.5) is 11.4 Å². The van der Waals surface area contributed by atoms with Crippen LogP contribution in [0.3, 0.4) is 0 Å². The summed E-state index contributed by atoms with van der Waals surface area (Å²) >= 11 is 0. The number of fused-ring (bicyclic) bond motifs is 1. The normalized spacial score (nSPS) is 13.9. The first-order valence-corrected chi connectivity index (χ1v) is 9.49. The molecular formula is C22H25N3O4. The molecule has 1 N–H and O–H groups in total. The van der Waals surface area contributed by atoms with Gasteiger partial charge in [-0.15, -0.1) is 0 Å². The van der Waals surface area contributed by atoms with E-state index < -0.39 is 0 Å². The standard InChI is InChI=1S/C22H25N3O4/c1-15(16-8-10-17(29-3)11-9-16)24(2)21(27)12-13-22(28)25-14-20(26)23-18-6-4-5-7-19(18)25/h4-11,15H,12-14H2,1-3H3,(H,23,26). The molecule has 2 aromatic rings. The number of amides is 3. The van der Waals surface area contributed by atoms with Crippen LogP contribution in [-0.2, 0) is 14.4 Å². The smallest absolute Gasteiger partial charge is 0.244 e. The first-order valence-electron chi connectivity index (χ1n) is 9.49. The van der Waals surface area contributed by atoms with E-state index in [2.05, 4.69) is 5.32 Å². The number of nitrogens with zero attached hydrogens (tertiary/aromatic N) is 2. The van der Waals surface area contributed by atoms with Crippen LogP contribution in [0.25, 0.3) is 0 Å². The monoisotopic (exact) mass is 395 g/mol. The molecule has 1 aliphatic rings. The molecule has 0 saturated carbocycles. The number of nitrogens with one attached hydrogen (secondary N) is 1. The Balaban J connectivity index is 1.61. The van der Waals surface area contributed by atoms with Gasteiger partial charge in [0, 0.05) is 19.9 Å². The van der Waals surface area contributed by atoms with Gasteiger partial charge >= 0.3 is 0 Å². The second-order valence-corrected chi connectivity index (χ2v) is 7.00. The topological polar surface area (TPSA) is 79.0 Å². The van der Waals surface area contributed by atoms with Crippen LogP contribution in [0.1, 0.15) is 31.4 Å². The molecule has 0 radical (unpaired) electrons. The van der Waals surface area contributed by atoms with E-state index in [0.717, 1.165) is 11.3 Å². The maximum absolute atomic E-state index is 12.7. The van der Waals surface area contributed by atoms with Crippen LogP contribution >= 0.6 is 0 Å². The van der Waals surface area contributed by atoms with Crippen molar-refractivity contribution < 1.29 is 19.1 Å². The van der Waals surface area contributed by atoms with Crippen LogP contribution in [0.2, 0.25) is 0 Å². The zero-order valence-corrected chi connectivity index (χ0v) is 16.8. The highest BCUT2D eigenvalue weighted by atomic mass is 16.5. The third-order valence-corrected chi connectivity index (χ3v) is 5.20. The lowest BCUT2D eigenvalue weighted by Gasteiger charge is -2.30. The first kappa shape index (κ1) is 20.4. The Bertz CT molecular complexity index is 911. The summed E-state index contributed by atoms with van der Waals surface area (Å²) in [5.74, 6) is 0.141. The van der Waals surface area contributed by atoms with Crippen molar-refractivity contribution in [3.8, 4) is 5.75 Å². The predicted molar refractivity (Wildman–Crippen MR) is 111 cm³/mol. The van der Waals surface area contributed by atoms with Gasteiger partial charge < -0.3 is 19.9 Å². The number of para-hydroxylation sites is 2. The van der Waals surface area contributed by atoms with Gasteiger partial charge in [-0.3, -0.25) is 14.4 Å². The number of carbonyl (C=O) groups excluding carboxylic acids is 3. The lowest BCUT2D eigenvalue weighted by atomic mass is 10.1. The van der Waals surface area contributed by atoms with E-state index in [0.29, 0.717) is 11.4 Å². The molecule has 3 rings (SSSR count). The minimum Gasteiger partial charge on any atom is -0.497 e. The molecule has 0 bridgehead atoms. The first-order chi connectivity index (χ1) is 13.9. The van der Waals surface area contributed by atoms with Crippen LogP contribution in [0.15, 0.2) is 48.5 Å². The Labute approximate surface area is 170 Å². The van der Waals surface area contributed by atoms with Gasteiger partial charge in [-0.1, -0.05) is 24.3 Å². The van der Waals surface area contributed by atoms with Gasteiger partial charge in [0.1, 0.15) is 12.3 Å². The van der Waals surface area contributed by atoms with E-state index in [4.69, 9.17) is 4.74 Å². The average molecular weight is 395 g/mol. The van der Waals surface area contributed by atoms with E-state index in [-0.39, 0.29) is 43.1 Å². The molecule has 0 fully saturated rings. The fraction of sp³-hybridized carbons (Fsp3) is 0.318. The molecule has 1 atom stereocenters. The van der Waals surface area contributed by atoms with Crippen molar-refractivity contribution in [1.82, 2.24) is 4.90 Å². The highest BCUT2D eigenvalue weighted by Gasteiger charge is 2.27. The third-order valence-electron chi connectivity index (χ3n) is 5.20. The highest BCUT2D eigenvalue weighted by Crippen LogP contribution is 2.29. The Morgan fingerprint density at radius 1 is 1.14 bits per heavy atom. The fourth-order valence-electron chi connectivity index (χ4n) is 3.30. The summed E-state index contributed by atoms with van der Waals surface area (Å²) in [7, 11) is 3.33. The maximum atomic E-state index is 12.7. The summed E-state index contributed by atoms with van der Waals surface area (Å²) in [6.07, 6.45) is 0.121. The van der Waals surface area contributed by atoms with Crippen LogP contribution < -0.4 is 15.0 Å². The number of anilines is 2. The number of ether oxygens (including phenoxy) is 1. The average Bonchev–Trinajstić information content (AvgIpc) is 2.75. The van der Waals surface area contributed by atoms with E-state index in [9.17, 15) is 14.4 Å². The van der Waals surface area contributed by atoms with Crippen molar-refractivity contribution in [2.24, 2.45) is 0 Å². The van der Waals surface area contributed by atoms with Crippen molar-refractivity contribution in [2.45, 2.75) is 25.8 Å². The van der Waals surface area contributed by atoms with Crippen molar-refractivity contribution in [3.05, 3.63) is 54.1 Å². The molecule has 1 unspecified atom stereocenters. The molecule has 0 aromatic heterocycles. The van der Waals surface area contributed by atoms with Gasteiger partial charge in [-0.25, -0.2) is 0 Å². The molecule has 29 heavy (non-hydrogen) atoms. The molecule has 1 heterocycles. The molecule has 0 spiro atoms. The van der Waals surface area contributed by atoms with Crippen LogP contribution in [-0.4, -0.2) is 43.3 Å². The van der Waals surface area contributed by atoms with Crippen LogP contribution in [0, 0.1) is 0 Å². The molecule has 3 amide bonds. The fourth-order valence-corrected chi connectivity index (χ4v) is 3.30. The largest absolute Gasteiger partial charge is 0.497 e. The second-order valence-electron chi connectivity index (χ2n) is 7.00. The molecule has 7 heteroatoms. The number of methoxy groups -OCH3 is 1. The van der Waals surface area contributed by atoms with Gasteiger partial charge in [0.25, 0.3) is 0 Å². The molecular weight excluding hydrogens is 370 g/mol. The van der Waals surface area contributed by atoms with Gasteiger partial charge in [-0.05, 0) is 36.8 Å². The molecule has 2 aromatic carbocycles. The Morgan fingerprint density at radius 2 is 1.83 bits per heavy atom. The molecule has 1 aliphatic heterocycles. The predicted octanol–water partition coefficient (Wildman–Crippen LogP) is 2.98. The summed E-state index contributed by atoms with van der Waals surface area (Å²) in [5, 5.41) is 2.75. The zero-order chi connectivity index (χ0) is 21.0. The molecule has 0 aliphatic carbocycles. The summed E-state index contributed by atoms with van der Waals surface area (Å²) in [6.45, 7) is 1.90. The Morgan fingerprint density at radius 3 is 2.52 bits per heavy atom. The van der Waals surface area contributed by atoms with Gasteiger partial charge in [0.2, 0.25) is 17.7 Å². The molecule has 7 nitrogen and oxygen atoms in total. The highest BCUT2D eigenvalue weighted by molar-refractivity contribution is 6.10. The number of hydrogen-bond acceptors (Lipinski definition) is 4. The van der Waals surface area contributed by atoms with Crippen molar-refractivity contribution in [1.29, 1.82) is 0 Å². The van der Waals surface area contributed by atoms with E-state index in [1.54, 1.807) is 37.3 Å². The second kappa shape index (κ2) is 8.77. The van der Waals surface area contributed by atoms with Crippen molar-refractivity contribution >= 4 is 29.1 Å². The minimum atomic E-state index is -0.244. The van der Waals surface area contributed by atoms with E-state index >= 15 is 0 Å². The third kappa shape index (κ3) is 4.56. The summed E-state index contributed by atoms with van der Waals surface area (Å²) in [5.41, 5.74) is 2.24. The molecule has 152 valence electrons.